The molecule has 0 saturated heterocycles. The predicted octanol–water partition coefficient (Wildman–Crippen LogP) is 2.37. The van der Waals surface area contributed by atoms with Crippen LogP contribution in [0.5, 0.6) is 6.01 Å². The third kappa shape index (κ3) is 4.36. The van der Waals surface area contributed by atoms with Crippen LogP contribution in [0.4, 0.5) is 5.82 Å². The number of hydrogen-bond acceptors (Lipinski definition) is 5. The van der Waals surface area contributed by atoms with Gasteiger partial charge in [0.05, 0.1) is 26.0 Å². The van der Waals surface area contributed by atoms with Crippen LogP contribution in [0.3, 0.4) is 0 Å². The Morgan fingerprint density at radius 3 is 2.82 bits per heavy atom. The Morgan fingerprint density at radius 1 is 1.47 bits per heavy atom. The molecule has 0 aliphatic rings. The van der Waals surface area contributed by atoms with Crippen molar-refractivity contribution in [2.24, 2.45) is 0 Å². The first-order valence-electron chi connectivity index (χ1n) is 5.53. The lowest BCUT2D eigenvalue weighted by atomic mass is 10.2. The molecule has 0 radical (unpaired) electrons. The molecule has 0 fully saturated rings. The standard InChI is InChI=1S/C11H18ClN3O2/c1-4-5-8(7-16-2)14-10-9(12)6-13-11(15-10)17-3/h6,8H,4-5,7H2,1-3H3,(H,13,14,15). The van der Waals surface area contributed by atoms with E-state index in [4.69, 9.17) is 21.1 Å². The molecule has 96 valence electrons. The SMILES string of the molecule is CCCC(COC)Nc1nc(OC)ncc1Cl. The average Bonchev–Trinajstić information content (AvgIpc) is 2.32. The van der Waals surface area contributed by atoms with Gasteiger partial charge in [0.25, 0.3) is 0 Å². The number of rotatable bonds is 7. The molecule has 0 aromatic carbocycles. The molecule has 0 amide bonds. The summed E-state index contributed by atoms with van der Waals surface area (Å²) in [6, 6.07) is 0.478. The summed E-state index contributed by atoms with van der Waals surface area (Å²) in [5.41, 5.74) is 0. The van der Waals surface area contributed by atoms with Gasteiger partial charge in [-0.05, 0) is 6.42 Å². The number of aromatic nitrogens is 2. The Labute approximate surface area is 107 Å². The Morgan fingerprint density at radius 2 is 2.24 bits per heavy atom. The van der Waals surface area contributed by atoms with Crippen molar-refractivity contribution < 1.29 is 9.47 Å². The largest absolute Gasteiger partial charge is 0.467 e. The second-order valence-corrected chi connectivity index (χ2v) is 4.05. The minimum atomic E-state index is 0.183. The lowest BCUT2D eigenvalue weighted by Crippen LogP contribution is -2.25. The molecule has 0 bridgehead atoms. The predicted molar refractivity (Wildman–Crippen MR) is 67.8 cm³/mol. The highest BCUT2D eigenvalue weighted by Crippen LogP contribution is 2.21. The molecule has 1 atom stereocenters. The van der Waals surface area contributed by atoms with E-state index in [-0.39, 0.29) is 6.04 Å². The molecule has 0 aliphatic heterocycles. The van der Waals surface area contributed by atoms with Gasteiger partial charge in [0.1, 0.15) is 5.02 Å². The molecule has 1 aromatic heterocycles. The first-order chi connectivity index (χ1) is 8.21. The van der Waals surface area contributed by atoms with Gasteiger partial charge in [0.2, 0.25) is 0 Å². The van der Waals surface area contributed by atoms with Gasteiger partial charge in [-0.15, -0.1) is 0 Å². The van der Waals surface area contributed by atoms with Crippen LogP contribution in [0.1, 0.15) is 19.8 Å². The van der Waals surface area contributed by atoms with Crippen molar-refractivity contribution in [3.8, 4) is 6.01 Å². The van der Waals surface area contributed by atoms with E-state index in [0.717, 1.165) is 12.8 Å². The van der Waals surface area contributed by atoms with Crippen LogP contribution in [0, 0.1) is 0 Å². The van der Waals surface area contributed by atoms with Gasteiger partial charge in [-0.3, -0.25) is 0 Å². The summed E-state index contributed by atoms with van der Waals surface area (Å²) in [6.07, 6.45) is 3.56. The molecule has 1 heterocycles. The van der Waals surface area contributed by atoms with Crippen LogP contribution in [-0.4, -0.2) is 36.8 Å². The van der Waals surface area contributed by atoms with Gasteiger partial charge < -0.3 is 14.8 Å². The smallest absolute Gasteiger partial charge is 0.318 e. The third-order valence-corrected chi connectivity index (χ3v) is 2.53. The summed E-state index contributed by atoms with van der Waals surface area (Å²) in [5.74, 6) is 0.578. The second kappa shape index (κ2) is 7.29. The molecule has 1 N–H and O–H groups in total. The molecule has 0 spiro atoms. The molecule has 5 nitrogen and oxygen atoms in total. The van der Waals surface area contributed by atoms with Crippen LogP contribution in [0.25, 0.3) is 0 Å². The monoisotopic (exact) mass is 259 g/mol. The molecule has 17 heavy (non-hydrogen) atoms. The fourth-order valence-electron chi connectivity index (χ4n) is 1.49. The van der Waals surface area contributed by atoms with Crippen molar-refractivity contribution in [2.45, 2.75) is 25.8 Å². The normalized spacial score (nSPS) is 12.2. The Balaban J connectivity index is 2.76. The van der Waals surface area contributed by atoms with Crippen LogP contribution >= 0.6 is 11.6 Å². The molecule has 0 saturated carbocycles. The fraction of sp³-hybridized carbons (Fsp3) is 0.636. The molecule has 1 rings (SSSR count). The Hall–Kier alpha value is -1.07. The minimum absolute atomic E-state index is 0.183. The van der Waals surface area contributed by atoms with Gasteiger partial charge in [-0.1, -0.05) is 24.9 Å². The Kier molecular flexibility index (Phi) is 6.00. The van der Waals surface area contributed by atoms with E-state index >= 15 is 0 Å². The molecule has 1 unspecified atom stereocenters. The zero-order valence-electron chi connectivity index (χ0n) is 10.4. The first kappa shape index (κ1) is 14.0. The minimum Gasteiger partial charge on any atom is -0.467 e. The van der Waals surface area contributed by atoms with Crippen LogP contribution in [0.2, 0.25) is 5.02 Å². The van der Waals surface area contributed by atoms with Crippen LogP contribution in [-0.2, 0) is 4.74 Å². The van der Waals surface area contributed by atoms with E-state index in [1.807, 2.05) is 0 Å². The summed E-state index contributed by atoms with van der Waals surface area (Å²) < 4.78 is 10.1. The highest BCUT2D eigenvalue weighted by atomic mass is 35.5. The molecular weight excluding hydrogens is 242 g/mol. The van der Waals surface area contributed by atoms with E-state index in [1.54, 1.807) is 7.11 Å². The van der Waals surface area contributed by atoms with Gasteiger partial charge in [0, 0.05) is 7.11 Å². The number of hydrogen-bond donors (Lipinski definition) is 1. The van der Waals surface area contributed by atoms with Gasteiger partial charge >= 0.3 is 6.01 Å². The summed E-state index contributed by atoms with van der Waals surface area (Å²) in [6.45, 7) is 2.73. The van der Waals surface area contributed by atoms with Crippen LogP contribution < -0.4 is 10.1 Å². The topological polar surface area (TPSA) is 56.3 Å². The van der Waals surface area contributed by atoms with Crippen molar-refractivity contribution in [1.29, 1.82) is 0 Å². The summed E-state index contributed by atoms with van der Waals surface area (Å²) >= 11 is 6.01. The van der Waals surface area contributed by atoms with Gasteiger partial charge in [-0.25, -0.2) is 4.98 Å². The number of nitrogens with one attached hydrogen (secondary N) is 1. The van der Waals surface area contributed by atoms with E-state index in [0.29, 0.717) is 23.5 Å². The van der Waals surface area contributed by atoms with Crippen molar-refractivity contribution >= 4 is 17.4 Å². The number of ether oxygens (including phenoxy) is 2. The van der Waals surface area contributed by atoms with E-state index in [9.17, 15) is 0 Å². The summed E-state index contributed by atoms with van der Waals surface area (Å²) in [7, 11) is 3.19. The Bertz CT molecular complexity index is 343. The molecule has 1 aromatic rings. The average molecular weight is 260 g/mol. The van der Waals surface area contributed by atoms with Crippen molar-refractivity contribution in [3.63, 3.8) is 0 Å². The number of nitrogens with zero attached hydrogens (tertiary/aromatic N) is 2. The maximum Gasteiger partial charge on any atom is 0.318 e. The second-order valence-electron chi connectivity index (χ2n) is 3.64. The maximum atomic E-state index is 6.01. The quantitative estimate of drug-likeness (QED) is 0.815. The molecular formula is C11H18ClN3O2. The van der Waals surface area contributed by atoms with Gasteiger partial charge in [-0.2, -0.15) is 4.98 Å². The van der Waals surface area contributed by atoms with Crippen molar-refractivity contribution in [1.82, 2.24) is 9.97 Å². The number of halogens is 1. The lowest BCUT2D eigenvalue weighted by Gasteiger charge is -2.18. The zero-order chi connectivity index (χ0) is 12.7. The number of anilines is 1. The van der Waals surface area contributed by atoms with Crippen molar-refractivity contribution in [3.05, 3.63) is 11.2 Å². The van der Waals surface area contributed by atoms with E-state index in [1.165, 1.54) is 13.3 Å². The third-order valence-electron chi connectivity index (χ3n) is 2.25. The van der Waals surface area contributed by atoms with Gasteiger partial charge in [0.15, 0.2) is 5.82 Å². The highest BCUT2D eigenvalue weighted by Gasteiger charge is 2.12. The van der Waals surface area contributed by atoms with E-state index in [2.05, 4.69) is 22.2 Å². The number of methoxy groups -OCH3 is 2. The van der Waals surface area contributed by atoms with Crippen LogP contribution in [0.15, 0.2) is 6.20 Å². The van der Waals surface area contributed by atoms with Crippen molar-refractivity contribution in [2.75, 3.05) is 26.1 Å². The summed E-state index contributed by atoms with van der Waals surface area (Å²) in [5, 5.41) is 3.71. The zero-order valence-corrected chi connectivity index (χ0v) is 11.1. The lowest BCUT2D eigenvalue weighted by molar-refractivity contribution is 0.182. The highest BCUT2D eigenvalue weighted by molar-refractivity contribution is 6.32. The first-order valence-corrected chi connectivity index (χ1v) is 5.91. The summed E-state index contributed by atoms with van der Waals surface area (Å²) in [4.78, 5) is 8.08. The molecule has 0 aliphatic carbocycles. The molecule has 6 heteroatoms. The fourth-order valence-corrected chi connectivity index (χ4v) is 1.64. The van der Waals surface area contributed by atoms with E-state index < -0.39 is 0 Å². The maximum absolute atomic E-state index is 6.01.